The number of aromatic nitrogens is 1. The predicted octanol–water partition coefficient (Wildman–Crippen LogP) is 4.89. The number of nitrogens with zero attached hydrogens (tertiary/aromatic N) is 3. The van der Waals surface area contributed by atoms with Crippen molar-refractivity contribution in [3.8, 4) is 29.3 Å². The molecule has 0 amide bonds. The maximum atomic E-state index is 14.7. The molecule has 3 aromatic rings. The van der Waals surface area contributed by atoms with Gasteiger partial charge in [-0.25, -0.2) is 13.6 Å². The third-order valence-electron chi connectivity index (χ3n) is 4.33. The van der Waals surface area contributed by atoms with Crippen LogP contribution >= 0.6 is 0 Å². The monoisotopic (exact) mass is 425 g/mol. The van der Waals surface area contributed by atoms with Gasteiger partial charge in [0.15, 0.2) is 11.6 Å². The highest BCUT2D eigenvalue weighted by molar-refractivity contribution is 5.91. The number of ether oxygens (including phenoxy) is 2. The summed E-state index contributed by atoms with van der Waals surface area (Å²) in [5.74, 6) is -4.72. The van der Waals surface area contributed by atoms with Gasteiger partial charge in [-0.05, 0) is 37.3 Å². The van der Waals surface area contributed by atoms with Gasteiger partial charge in [0.1, 0.15) is 17.1 Å². The normalized spacial score (nSPS) is 10.3. The summed E-state index contributed by atoms with van der Waals surface area (Å²) in [6.07, 6.45) is 0. The second-order valence-corrected chi connectivity index (χ2v) is 6.70. The third-order valence-corrected chi connectivity index (χ3v) is 4.33. The average molecular weight is 425 g/mol. The lowest BCUT2D eigenvalue weighted by Crippen LogP contribution is -2.10. The van der Waals surface area contributed by atoms with E-state index in [1.54, 1.807) is 25.1 Å². The number of aromatic carboxylic acids is 1. The van der Waals surface area contributed by atoms with E-state index in [1.807, 2.05) is 6.07 Å². The molecule has 1 aromatic heterocycles. The third kappa shape index (κ3) is 4.53. The minimum Gasteiger partial charge on any atom is -0.478 e. The number of carboxylic acids is 1. The first-order chi connectivity index (χ1) is 14.7. The number of nitriles is 1. The molecular weight excluding hydrogens is 408 g/mol. The fourth-order valence-corrected chi connectivity index (χ4v) is 2.64. The van der Waals surface area contributed by atoms with Gasteiger partial charge in [-0.2, -0.15) is 10.2 Å². The van der Waals surface area contributed by atoms with Crippen LogP contribution in [0.5, 0.6) is 23.3 Å². The maximum Gasteiger partial charge on any atom is 0.339 e. The highest BCUT2D eigenvalue weighted by atomic mass is 19.1. The van der Waals surface area contributed by atoms with E-state index >= 15 is 0 Å². The molecule has 0 bridgehead atoms. The van der Waals surface area contributed by atoms with E-state index in [2.05, 4.69) is 4.98 Å². The summed E-state index contributed by atoms with van der Waals surface area (Å²) in [6.45, 7) is 1.17. The summed E-state index contributed by atoms with van der Waals surface area (Å²) in [7, 11) is 3.48. The van der Waals surface area contributed by atoms with Crippen LogP contribution in [0.15, 0.2) is 42.5 Å². The molecule has 3 rings (SSSR count). The Kier molecular flexibility index (Phi) is 6.02. The summed E-state index contributed by atoms with van der Waals surface area (Å²) in [6, 6.07) is 12.1. The fraction of sp³-hybridized carbons (Fsp3) is 0.136. The SMILES string of the molecule is Cc1c(F)c(Oc2cccc(C#N)c2)nc(Oc2cc(N(C)C)ccc2C(=O)O)c1F. The standard InChI is InChI=1S/C22H17F2N3O4/c1-12-18(23)20(30-15-6-4-5-13(9-15)11-25)26-21(19(12)24)31-17-10-14(27(2)3)7-8-16(17)22(28)29/h4-10H,1-3H3,(H,28,29). The number of hydrogen-bond acceptors (Lipinski definition) is 6. The largest absolute Gasteiger partial charge is 0.478 e. The van der Waals surface area contributed by atoms with Gasteiger partial charge >= 0.3 is 5.97 Å². The Morgan fingerprint density at radius 2 is 1.77 bits per heavy atom. The molecule has 0 radical (unpaired) electrons. The molecule has 0 aliphatic carbocycles. The van der Waals surface area contributed by atoms with E-state index in [9.17, 15) is 18.7 Å². The molecule has 0 aliphatic heterocycles. The molecule has 31 heavy (non-hydrogen) atoms. The number of rotatable bonds is 6. The van der Waals surface area contributed by atoms with Crippen LogP contribution < -0.4 is 14.4 Å². The summed E-state index contributed by atoms with van der Waals surface area (Å²) < 4.78 is 40.1. The van der Waals surface area contributed by atoms with Crippen molar-refractivity contribution in [2.75, 3.05) is 19.0 Å². The minimum atomic E-state index is -1.29. The lowest BCUT2D eigenvalue weighted by atomic mass is 10.1. The van der Waals surface area contributed by atoms with Gasteiger partial charge in [0.05, 0.1) is 11.6 Å². The van der Waals surface area contributed by atoms with Gasteiger partial charge in [-0.15, -0.1) is 0 Å². The van der Waals surface area contributed by atoms with Crippen molar-refractivity contribution in [1.82, 2.24) is 4.98 Å². The van der Waals surface area contributed by atoms with Gasteiger partial charge in [0, 0.05) is 31.4 Å². The number of carboxylic acid groups (broad SMARTS) is 1. The topological polar surface area (TPSA) is 95.7 Å². The number of halogens is 2. The minimum absolute atomic E-state index is 0.114. The van der Waals surface area contributed by atoms with Crippen LogP contribution in [-0.4, -0.2) is 30.2 Å². The molecule has 158 valence electrons. The summed E-state index contributed by atoms with van der Waals surface area (Å²) in [5, 5.41) is 18.4. The van der Waals surface area contributed by atoms with Crippen molar-refractivity contribution in [3.63, 3.8) is 0 Å². The molecule has 9 heteroatoms. The van der Waals surface area contributed by atoms with Gasteiger partial charge in [-0.1, -0.05) is 6.07 Å². The summed E-state index contributed by atoms with van der Waals surface area (Å²) in [5.41, 5.74) is 0.235. The number of anilines is 1. The number of benzene rings is 2. The molecule has 0 unspecified atom stereocenters. The predicted molar refractivity (Wildman–Crippen MR) is 108 cm³/mol. The molecule has 0 saturated heterocycles. The van der Waals surface area contributed by atoms with Gasteiger partial charge in [-0.3, -0.25) is 0 Å². The number of pyridine rings is 1. The Morgan fingerprint density at radius 1 is 1.10 bits per heavy atom. The zero-order valence-electron chi connectivity index (χ0n) is 16.8. The van der Waals surface area contributed by atoms with Crippen LogP contribution in [-0.2, 0) is 0 Å². The molecule has 0 aliphatic rings. The van der Waals surface area contributed by atoms with Crippen molar-refractivity contribution in [2.24, 2.45) is 0 Å². The molecule has 1 N–H and O–H groups in total. The van der Waals surface area contributed by atoms with E-state index in [4.69, 9.17) is 14.7 Å². The quantitative estimate of drug-likeness (QED) is 0.601. The molecule has 0 saturated carbocycles. The van der Waals surface area contributed by atoms with Crippen LogP contribution in [0.25, 0.3) is 0 Å². The molecule has 7 nitrogen and oxygen atoms in total. The molecule has 0 atom stereocenters. The highest BCUT2D eigenvalue weighted by Crippen LogP contribution is 2.35. The van der Waals surface area contributed by atoms with Crippen LogP contribution in [0.1, 0.15) is 21.5 Å². The first-order valence-corrected chi connectivity index (χ1v) is 8.97. The van der Waals surface area contributed by atoms with E-state index in [0.29, 0.717) is 5.69 Å². The van der Waals surface area contributed by atoms with Crippen LogP contribution in [0.2, 0.25) is 0 Å². The highest BCUT2D eigenvalue weighted by Gasteiger charge is 2.23. The number of hydrogen-bond donors (Lipinski definition) is 1. The first kappa shape index (κ1) is 21.5. The maximum absolute atomic E-state index is 14.7. The molecular formula is C22H17F2N3O4. The van der Waals surface area contributed by atoms with E-state index < -0.39 is 34.9 Å². The molecule has 2 aromatic carbocycles. The summed E-state index contributed by atoms with van der Waals surface area (Å²) in [4.78, 5) is 17.0. The Balaban J connectivity index is 2.06. The fourth-order valence-electron chi connectivity index (χ4n) is 2.64. The second-order valence-electron chi connectivity index (χ2n) is 6.70. The second kappa shape index (κ2) is 8.67. The molecule has 0 fully saturated rings. The molecule has 1 heterocycles. The lowest BCUT2D eigenvalue weighted by Gasteiger charge is -2.16. The van der Waals surface area contributed by atoms with Gasteiger partial charge < -0.3 is 19.5 Å². The summed E-state index contributed by atoms with van der Waals surface area (Å²) >= 11 is 0. The van der Waals surface area contributed by atoms with E-state index in [1.165, 1.54) is 43.3 Å². The number of carbonyl (C=O) groups is 1. The van der Waals surface area contributed by atoms with Crippen LogP contribution in [0.4, 0.5) is 14.5 Å². The van der Waals surface area contributed by atoms with Crippen LogP contribution in [0, 0.1) is 29.9 Å². The van der Waals surface area contributed by atoms with Gasteiger partial charge in [0.2, 0.25) is 0 Å². The van der Waals surface area contributed by atoms with Crippen LogP contribution in [0.3, 0.4) is 0 Å². The van der Waals surface area contributed by atoms with Crippen molar-refractivity contribution in [3.05, 3.63) is 70.8 Å². The Bertz CT molecular complexity index is 1210. The Hall–Kier alpha value is -4.19. The van der Waals surface area contributed by atoms with Gasteiger partial charge in [0.25, 0.3) is 11.8 Å². The zero-order chi connectivity index (χ0) is 22.7. The van der Waals surface area contributed by atoms with E-state index in [0.717, 1.165) is 0 Å². The van der Waals surface area contributed by atoms with Crippen molar-refractivity contribution in [1.29, 1.82) is 5.26 Å². The lowest BCUT2D eigenvalue weighted by molar-refractivity contribution is 0.0694. The Morgan fingerprint density at radius 3 is 2.39 bits per heavy atom. The zero-order valence-corrected chi connectivity index (χ0v) is 16.8. The first-order valence-electron chi connectivity index (χ1n) is 8.97. The molecule has 0 spiro atoms. The smallest absolute Gasteiger partial charge is 0.339 e. The van der Waals surface area contributed by atoms with Crippen molar-refractivity contribution >= 4 is 11.7 Å². The Labute approximate surface area is 176 Å². The van der Waals surface area contributed by atoms with Crippen molar-refractivity contribution < 1.29 is 28.2 Å². The van der Waals surface area contributed by atoms with E-state index in [-0.39, 0.29) is 22.6 Å². The average Bonchev–Trinajstić information content (AvgIpc) is 2.75. The van der Waals surface area contributed by atoms with Crippen molar-refractivity contribution in [2.45, 2.75) is 6.92 Å².